The minimum atomic E-state index is -1.13. The van der Waals surface area contributed by atoms with E-state index in [-0.39, 0.29) is 11.8 Å². The molecule has 2 aromatic carbocycles. The van der Waals surface area contributed by atoms with Gasteiger partial charge in [0.2, 0.25) is 0 Å². The summed E-state index contributed by atoms with van der Waals surface area (Å²) in [5, 5.41) is 0.870. The second kappa shape index (κ2) is 7.29. The van der Waals surface area contributed by atoms with Crippen LogP contribution in [0.5, 0.6) is 0 Å². The first-order valence-corrected chi connectivity index (χ1v) is 9.05. The summed E-state index contributed by atoms with van der Waals surface area (Å²) in [6.07, 6.45) is 0.627. The SMILES string of the molecule is COC(=O)[C@]1(C)[C@@H](c2ccc(Cl)c(Cl)c2)CCN1C(=O)c1ccccc1. The molecular weight excluding hydrogens is 373 g/mol. The van der Waals surface area contributed by atoms with Crippen molar-refractivity contribution in [3.8, 4) is 0 Å². The standard InChI is InChI=1S/C20H19Cl2NO3/c1-20(19(25)26-2)15(14-8-9-16(21)17(22)12-14)10-11-23(20)18(24)13-6-4-3-5-7-13/h3-9,12,15H,10-11H2,1-2H3/t15-,20+/m1/s1. The molecule has 26 heavy (non-hydrogen) atoms. The number of esters is 1. The van der Waals surface area contributed by atoms with Crippen molar-refractivity contribution < 1.29 is 14.3 Å². The fourth-order valence-corrected chi connectivity index (χ4v) is 3.99. The highest BCUT2D eigenvalue weighted by molar-refractivity contribution is 6.42. The number of halogens is 2. The molecule has 0 spiro atoms. The van der Waals surface area contributed by atoms with Gasteiger partial charge in [-0.05, 0) is 43.2 Å². The number of carbonyl (C=O) groups is 2. The molecule has 1 fully saturated rings. The van der Waals surface area contributed by atoms with E-state index < -0.39 is 11.5 Å². The second-order valence-electron chi connectivity index (χ2n) is 6.48. The summed E-state index contributed by atoms with van der Waals surface area (Å²) in [6, 6.07) is 14.2. The van der Waals surface area contributed by atoms with Gasteiger partial charge in [-0.1, -0.05) is 47.5 Å². The number of ether oxygens (including phenoxy) is 1. The highest BCUT2D eigenvalue weighted by atomic mass is 35.5. The summed E-state index contributed by atoms with van der Waals surface area (Å²) in [5.74, 6) is -0.881. The lowest BCUT2D eigenvalue weighted by atomic mass is 9.81. The van der Waals surface area contributed by atoms with E-state index in [9.17, 15) is 9.59 Å². The van der Waals surface area contributed by atoms with Crippen molar-refractivity contribution >= 4 is 35.1 Å². The fourth-order valence-electron chi connectivity index (χ4n) is 3.69. The van der Waals surface area contributed by atoms with E-state index in [2.05, 4.69) is 0 Å². The molecule has 0 radical (unpaired) electrons. The fraction of sp³-hybridized carbons (Fsp3) is 0.300. The van der Waals surface area contributed by atoms with Crippen LogP contribution < -0.4 is 0 Å². The normalized spacial score (nSPS) is 22.3. The third-order valence-corrected chi connectivity index (χ3v) is 5.83. The molecule has 6 heteroatoms. The highest BCUT2D eigenvalue weighted by Gasteiger charge is 2.54. The van der Waals surface area contributed by atoms with Crippen LogP contribution in [-0.2, 0) is 9.53 Å². The first-order chi connectivity index (χ1) is 12.4. The Hall–Kier alpha value is -2.04. The Morgan fingerprint density at radius 3 is 2.42 bits per heavy atom. The van der Waals surface area contributed by atoms with Gasteiger partial charge < -0.3 is 9.64 Å². The van der Waals surface area contributed by atoms with E-state index in [1.54, 1.807) is 48.2 Å². The first-order valence-electron chi connectivity index (χ1n) is 8.30. The molecule has 4 nitrogen and oxygen atoms in total. The average Bonchev–Trinajstić information content (AvgIpc) is 3.01. The predicted octanol–water partition coefficient (Wildman–Crippen LogP) is 4.55. The smallest absolute Gasteiger partial charge is 0.332 e. The number of rotatable bonds is 3. The van der Waals surface area contributed by atoms with E-state index in [4.69, 9.17) is 27.9 Å². The maximum atomic E-state index is 13.1. The number of nitrogens with zero attached hydrogens (tertiary/aromatic N) is 1. The van der Waals surface area contributed by atoms with E-state index in [0.29, 0.717) is 28.6 Å². The van der Waals surface area contributed by atoms with Crippen molar-refractivity contribution in [1.82, 2.24) is 4.90 Å². The van der Waals surface area contributed by atoms with Gasteiger partial charge in [0.25, 0.3) is 5.91 Å². The monoisotopic (exact) mass is 391 g/mol. The van der Waals surface area contributed by atoms with Crippen LogP contribution in [0.15, 0.2) is 48.5 Å². The lowest BCUT2D eigenvalue weighted by molar-refractivity contribution is -0.151. The minimum absolute atomic E-state index is 0.193. The number of benzene rings is 2. The number of amides is 1. The second-order valence-corrected chi connectivity index (χ2v) is 7.29. The molecule has 0 aromatic heterocycles. The maximum absolute atomic E-state index is 13.1. The van der Waals surface area contributed by atoms with Crippen molar-refractivity contribution in [3.05, 3.63) is 69.7 Å². The van der Waals surface area contributed by atoms with Crippen molar-refractivity contribution in [2.75, 3.05) is 13.7 Å². The van der Waals surface area contributed by atoms with Gasteiger partial charge in [0.05, 0.1) is 17.2 Å². The summed E-state index contributed by atoms with van der Waals surface area (Å²) in [4.78, 5) is 27.4. The van der Waals surface area contributed by atoms with Gasteiger partial charge in [0.15, 0.2) is 0 Å². The lowest BCUT2D eigenvalue weighted by Crippen LogP contribution is -2.54. The van der Waals surface area contributed by atoms with Gasteiger partial charge in [-0.15, -0.1) is 0 Å². The number of hydrogen-bond donors (Lipinski definition) is 0. The highest BCUT2D eigenvalue weighted by Crippen LogP contribution is 2.44. The molecule has 0 N–H and O–H groups in total. The zero-order chi connectivity index (χ0) is 18.9. The summed E-state index contributed by atoms with van der Waals surface area (Å²) in [6.45, 7) is 2.20. The van der Waals surface area contributed by atoms with E-state index >= 15 is 0 Å². The third kappa shape index (κ3) is 3.08. The van der Waals surface area contributed by atoms with Crippen molar-refractivity contribution in [2.45, 2.75) is 24.8 Å². The lowest BCUT2D eigenvalue weighted by Gasteiger charge is -2.37. The van der Waals surface area contributed by atoms with Crippen LogP contribution in [0.1, 0.15) is 35.2 Å². The molecular formula is C20H19Cl2NO3. The van der Waals surface area contributed by atoms with Crippen LogP contribution >= 0.6 is 23.2 Å². The Labute approximate surface area is 162 Å². The molecule has 1 saturated heterocycles. The number of carbonyl (C=O) groups excluding carboxylic acids is 2. The van der Waals surface area contributed by atoms with Gasteiger partial charge in [0.1, 0.15) is 5.54 Å². The van der Waals surface area contributed by atoms with Gasteiger partial charge in [-0.2, -0.15) is 0 Å². The van der Waals surface area contributed by atoms with Gasteiger partial charge in [-0.3, -0.25) is 4.79 Å². The Kier molecular flexibility index (Phi) is 5.26. The van der Waals surface area contributed by atoms with Gasteiger partial charge >= 0.3 is 5.97 Å². The van der Waals surface area contributed by atoms with E-state index in [1.807, 2.05) is 12.1 Å². The quantitative estimate of drug-likeness (QED) is 0.720. The van der Waals surface area contributed by atoms with Crippen molar-refractivity contribution in [3.63, 3.8) is 0 Å². The molecule has 3 rings (SSSR count). The summed E-state index contributed by atoms with van der Waals surface area (Å²) >= 11 is 12.2. The largest absolute Gasteiger partial charge is 0.467 e. The summed E-state index contributed by atoms with van der Waals surface area (Å²) < 4.78 is 5.07. The van der Waals surface area contributed by atoms with Crippen LogP contribution in [0, 0.1) is 0 Å². The molecule has 1 aliphatic heterocycles. The maximum Gasteiger partial charge on any atom is 0.332 e. The molecule has 1 aliphatic rings. The van der Waals surface area contributed by atoms with E-state index in [0.717, 1.165) is 5.56 Å². The van der Waals surface area contributed by atoms with Crippen LogP contribution in [0.3, 0.4) is 0 Å². The molecule has 136 valence electrons. The van der Waals surface area contributed by atoms with Crippen LogP contribution in [0.25, 0.3) is 0 Å². The molecule has 1 heterocycles. The molecule has 0 bridgehead atoms. The Morgan fingerprint density at radius 1 is 1.12 bits per heavy atom. The average molecular weight is 392 g/mol. The Balaban J connectivity index is 2.03. The van der Waals surface area contributed by atoms with Gasteiger partial charge in [0, 0.05) is 18.0 Å². The van der Waals surface area contributed by atoms with Gasteiger partial charge in [-0.25, -0.2) is 4.79 Å². The first kappa shape index (κ1) is 18.7. The van der Waals surface area contributed by atoms with Crippen molar-refractivity contribution in [1.29, 1.82) is 0 Å². The molecule has 0 unspecified atom stereocenters. The Morgan fingerprint density at radius 2 is 1.81 bits per heavy atom. The Bertz CT molecular complexity index is 840. The van der Waals surface area contributed by atoms with Crippen LogP contribution in [0.4, 0.5) is 0 Å². The molecule has 1 amide bonds. The topological polar surface area (TPSA) is 46.6 Å². The number of methoxy groups -OCH3 is 1. The van der Waals surface area contributed by atoms with Crippen LogP contribution in [-0.4, -0.2) is 36.0 Å². The zero-order valence-electron chi connectivity index (χ0n) is 14.5. The molecule has 2 aromatic rings. The molecule has 0 aliphatic carbocycles. The molecule has 0 saturated carbocycles. The number of hydrogen-bond acceptors (Lipinski definition) is 3. The third-order valence-electron chi connectivity index (χ3n) is 5.09. The minimum Gasteiger partial charge on any atom is -0.467 e. The van der Waals surface area contributed by atoms with E-state index in [1.165, 1.54) is 7.11 Å². The number of likely N-dealkylation sites (tertiary alicyclic amines) is 1. The van der Waals surface area contributed by atoms with Crippen LogP contribution in [0.2, 0.25) is 10.0 Å². The summed E-state index contributed by atoms with van der Waals surface area (Å²) in [7, 11) is 1.34. The summed E-state index contributed by atoms with van der Waals surface area (Å²) in [5.41, 5.74) is 0.270. The molecule has 2 atom stereocenters. The predicted molar refractivity (Wildman–Crippen MR) is 102 cm³/mol. The van der Waals surface area contributed by atoms with Crippen molar-refractivity contribution in [2.24, 2.45) is 0 Å². The zero-order valence-corrected chi connectivity index (χ0v) is 16.1.